The number of aliphatic hydroxyl groups excluding tert-OH is 1. The third kappa shape index (κ3) is 6.71. The Hall–Kier alpha value is -5.29. The molecule has 1 unspecified atom stereocenters. The molecule has 1 aromatic heterocycles. The molecule has 1 atom stereocenters. The highest BCUT2D eigenvalue weighted by Gasteiger charge is 2.32. The van der Waals surface area contributed by atoms with E-state index in [1.165, 1.54) is 10.8 Å². The van der Waals surface area contributed by atoms with E-state index in [2.05, 4.69) is 5.32 Å². The number of urea groups is 1. The molecule has 0 spiro atoms. The van der Waals surface area contributed by atoms with Gasteiger partial charge in [-0.05, 0) is 68.4 Å². The van der Waals surface area contributed by atoms with Gasteiger partial charge in [0.05, 0.1) is 5.56 Å². The van der Waals surface area contributed by atoms with E-state index >= 15 is 0 Å². The SMILES string of the molecule is Cc1c(C(=O)C(O)c2ccccc2)cccc1-c1cn(CC(=O)N2CCC(N3CCc4ccccc4NC3=O)CC2)c(=O)n(C(C)C)c1=O. The smallest absolute Gasteiger partial charge is 0.331 e. The van der Waals surface area contributed by atoms with E-state index in [-0.39, 0.29) is 35.7 Å². The van der Waals surface area contributed by atoms with Crippen LogP contribution in [-0.4, -0.2) is 67.4 Å². The lowest BCUT2D eigenvalue weighted by molar-refractivity contribution is -0.133. The number of aliphatic hydroxyl groups is 1. The molecule has 2 N–H and O–H groups in total. The molecule has 2 aliphatic heterocycles. The Bertz CT molecular complexity index is 2010. The highest BCUT2D eigenvalue weighted by molar-refractivity contribution is 6.02. The first-order valence-electron chi connectivity index (χ1n) is 16.7. The van der Waals surface area contributed by atoms with E-state index in [1.807, 2.05) is 29.2 Å². The van der Waals surface area contributed by atoms with Gasteiger partial charge in [-0.2, -0.15) is 0 Å². The number of nitrogens with zero attached hydrogens (tertiary/aromatic N) is 4. The maximum Gasteiger partial charge on any atom is 0.331 e. The number of ketones is 1. The number of amides is 3. The molecule has 2 aliphatic rings. The topological polar surface area (TPSA) is 134 Å². The van der Waals surface area contributed by atoms with Gasteiger partial charge in [0.25, 0.3) is 5.56 Å². The number of nitrogens with one attached hydrogen (secondary N) is 1. The van der Waals surface area contributed by atoms with Gasteiger partial charge < -0.3 is 20.2 Å². The fourth-order valence-electron chi connectivity index (χ4n) is 6.91. The lowest BCUT2D eigenvalue weighted by Gasteiger charge is -2.38. The standard InChI is InChI=1S/C38H41N5O6/c1-24(2)43-36(47)31(29-13-9-14-30(25(29)3)35(46)34(45)27-11-5-4-6-12-27)22-41(38(43)49)23-33(44)40-19-17-28(18-20-40)42-21-16-26-10-7-8-15-32(26)39-37(42)48/h4-15,22,24,28,34,45H,16-21,23H2,1-3H3,(H,39,48). The molecule has 11 nitrogen and oxygen atoms in total. The van der Waals surface area contributed by atoms with Crippen molar-refractivity contribution in [3.63, 3.8) is 0 Å². The Morgan fingerprint density at radius 3 is 2.29 bits per heavy atom. The fraction of sp³-hybridized carbons (Fsp3) is 0.342. The number of hydrogen-bond donors (Lipinski definition) is 2. The Labute approximate surface area is 284 Å². The highest BCUT2D eigenvalue weighted by Crippen LogP contribution is 2.28. The summed E-state index contributed by atoms with van der Waals surface area (Å²) in [6.45, 7) is 6.33. The summed E-state index contributed by atoms with van der Waals surface area (Å²) < 4.78 is 2.38. The molecule has 3 amide bonds. The van der Waals surface area contributed by atoms with Crippen LogP contribution in [0.1, 0.15) is 65.9 Å². The summed E-state index contributed by atoms with van der Waals surface area (Å²) >= 11 is 0. The van der Waals surface area contributed by atoms with Crippen LogP contribution in [0.4, 0.5) is 10.5 Å². The molecular weight excluding hydrogens is 622 g/mol. The molecule has 0 radical (unpaired) electrons. The largest absolute Gasteiger partial charge is 0.380 e. The highest BCUT2D eigenvalue weighted by atomic mass is 16.3. The van der Waals surface area contributed by atoms with Crippen LogP contribution < -0.4 is 16.6 Å². The van der Waals surface area contributed by atoms with Crippen LogP contribution in [0.15, 0.2) is 88.6 Å². The van der Waals surface area contributed by atoms with Gasteiger partial charge in [0.1, 0.15) is 12.6 Å². The van der Waals surface area contributed by atoms with E-state index in [0.29, 0.717) is 49.2 Å². The number of carbonyl (C=O) groups is 3. The third-order valence-corrected chi connectivity index (χ3v) is 9.66. The zero-order chi connectivity index (χ0) is 34.8. The molecule has 4 aromatic rings. The number of Topliss-reactive ketones (excluding diaryl/α,β-unsaturated/α-hetero) is 1. The average molecular weight is 664 g/mol. The molecule has 0 aliphatic carbocycles. The van der Waals surface area contributed by atoms with Crippen molar-refractivity contribution in [2.24, 2.45) is 0 Å². The molecule has 254 valence electrons. The van der Waals surface area contributed by atoms with Crippen LogP contribution in [0.2, 0.25) is 0 Å². The molecule has 0 saturated carbocycles. The predicted octanol–water partition coefficient (Wildman–Crippen LogP) is 4.56. The summed E-state index contributed by atoms with van der Waals surface area (Å²) in [7, 11) is 0. The van der Waals surface area contributed by atoms with E-state index in [1.54, 1.807) is 74.2 Å². The zero-order valence-electron chi connectivity index (χ0n) is 28.0. The molecule has 3 aromatic carbocycles. The first-order valence-corrected chi connectivity index (χ1v) is 16.7. The summed E-state index contributed by atoms with van der Waals surface area (Å²) in [6, 6.07) is 20.7. The van der Waals surface area contributed by atoms with Crippen molar-refractivity contribution in [1.29, 1.82) is 0 Å². The average Bonchev–Trinajstić information content (AvgIpc) is 3.27. The third-order valence-electron chi connectivity index (χ3n) is 9.66. The monoisotopic (exact) mass is 663 g/mol. The number of rotatable bonds is 8. The second kappa shape index (κ2) is 14.1. The number of anilines is 1. The summed E-state index contributed by atoms with van der Waals surface area (Å²) in [5, 5.41) is 13.8. The van der Waals surface area contributed by atoms with Crippen molar-refractivity contribution >= 4 is 23.4 Å². The van der Waals surface area contributed by atoms with Gasteiger partial charge in [0, 0.05) is 49.2 Å². The second-order valence-corrected chi connectivity index (χ2v) is 13.0. The number of piperidine rings is 1. The summed E-state index contributed by atoms with van der Waals surface area (Å²) in [4.78, 5) is 71.0. The summed E-state index contributed by atoms with van der Waals surface area (Å²) in [5.41, 5.74) is 2.59. The molecule has 1 saturated heterocycles. The Morgan fingerprint density at radius 1 is 0.878 bits per heavy atom. The number of benzene rings is 3. The lowest BCUT2D eigenvalue weighted by atomic mass is 9.92. The molecule has 3 heterocycles. The van der Waals surface area contributed by atoms with Crippen molar-refractivity contribution in [3.05, 3.63) is 122 Å². The number of likely N-dealkylation sites (tertiary alicyclic amines) is 1. The first-order chi connectivity index (χ1) is 23.5. The Morgan fingerprint density at radius 2 is 1.57 bits per heavy atom. The molecule has 6 rings (SSSR count). The van der Waals surface area contributed by atoms with Gasteiger partial charge in [0.15, 0.2) is 5.78 Å². The first kappa shape index (κ1) is 33.6. The number of aromatic nitrogens is 2. The van der Waals surface area contributed by atoms with Crippen molar-refractivity contribution in [3.8, 4) is 11.1 Å². The van der Waals surface area contributed by atoms with Crippen molar-refractivity contribution < 1.29 is 19.5 Å². The number of fused-ring (bicyclic) bond motifs is 1. The summed E-state index contributed by atoms with van der Waals surface area (Å²) in [6.07, 6.45) is 1.97. The lowest BCUT2D eigenvalue weighted by Crippen LogP contribution is -2.51. The minimum Gasteiger partial charge on any atom is -0.380 e. The van der Waals surface area contributed by atoms with Gasteiger partial charge in [0.2, 0.25) is 5.91 Å². The number of hydrogen-bond acceptors (Lipinski definition) is 6. The van der Waals surface area contributed by atoms with E-state index in [0.717, 1.165) is 22.2 Å². The molecular formula is C38H41N5O6. The predicted molar refractivity (Wildman–Crippen MR) is 187 cm³/mol. The number of carbonyl (C=O) groups excluding carboxylic acids is 3. The zero-order valence-corrected chi connectivity index (χ0v) is 28.0. The van der Waals surface area contributed by atoms with Gasteiger partial charge in [-0.25, -0.2) is 9.59 Å². The normalized spacial score (nSPS) is 15.8. The molecule has 49 heavy (non-hydrogen) atoms. The van der Waals surface area contributed by atoms with Crippen LogP contribution >= 0.6 is 0 Å². The van der Waals surface area contributed by atoms with E-state index in [4.69, 9.17) is 0 Å². The molecule has 1 fully saturated rings. The van der Waals surface area contributed by atoms with Crippen LogP contribution in [0.25, 0.3) is 11.1 Å². The van der Waals surface area contributed by atoms with Crippen LogP contribution in [0, 0.1) is 6.92 Å². The fourth-order valence-corrected chi connectivity index (χ4v) is 6.91. The molecule has 11 heteroatoms. The van der Waals surface area contributed by atoms with E-state index < -0.39 is 29.2 Å². The van der Waals surface area contributed by atoms with Crippen molar-refractivity contribution in [2.45, 2.75) is 64.8 Å². The van der Waals surface area contributed by atoms with Gasteiger partial charge in [-0.3, -0.25) is 23.5 Å². The van der Waals surface area contributed by atoms with Gasteiger partial charge in [-0.15, -0.1) is 0 Å². The van der Waals surface area contributed by atoms with Crippen LogP contribution in [-0.2, 0) is 17.8 Å². The van der Waals surface area contributed by atoms with E-state index in [9.17, 15) is 29.1 Å². The minimum absolute atomic E-state index is 0.0195. The second-order valence-electron chi connectivity index (χ2n) is 13.0. The quantitative estimate of drug-likeness (QED) is 0.266. The maximum atomic E-state index is 13.8. The van der Waals surface area contributed by atoms with Crippen LogP contribution in [0.3, 0.4) is 0 Å². The van der Waals surface area contributed by atoms with Gasteiger partial charge in [-0.1, -0.05) is 66.7 Å². The molecule has 0 bridgehead atoms. The summed E-state index contributed by atoms with van der Waals surface area (Å²) in [5.74, 6) is -0.774. The van der Waals surface area contributed by atoms with Gasteiger partial charge >= 0.3 is 11.7 Å². The Kier molecular flexibility index (Phi) is 9.64. The maximum absolute atomic E-state index is 13.8. The van der Waals surface area contributed by atoms with Crippen molar-refractivity contribution in [2.75, 3.05) is 25.0 Å². The Balaban J connectivity index is 1.22. The van der Waals surface area contributed by atoms with Crippen LogP contribution in [0.5, 0.6) is 0 Å². The minimum atomic E-state index is -1.39. The van der Waals surface area contributed by atoms with Crippen molar-refractivity contribution in [1.82, 2.24) is 18.9 Å². The number of para-hydroxylation sites is 1.